The summed E-state index contributed by atoms with van der Waals surface area (Å²) in [5, 5.41) is 5.65. The summed E-state index contributed by atoms with van der Waals surface area (Å²) in [6.07, 6.45) is 1.29. The number of carbonyl (C=O) groups excluding carboxylic acids is 2. The normalized spacial score (nSPS) is 16.6. The smallest absolute Gasteiger partial charge is 0.262 e. The molecule has 2 aliphatic heterocycles. The lowest BCUT2D eigenvalue weighted by Crippen LogP contribution is -2.46. The van der Waals surface area contributed by atoms with Crippen molar-refractivity contribution in [1.29, 1.82) is 0 Å². The van der Waals surface area contributed by atoms with E-state index in [4.69, 9.17) is 4.74 Å². The molecule has 0 saturated carbocycles. The second-order valence-corrected chi connectivity index (χ2v) is 7.36. The van der Waals surface area contributed by atoms with Gasteiger partial charge in [-0.25, -0.2) is 0 Å². The third-order valence-electron chi connectivity index (χ3n) is 5.27. The molecule has 7 heteroatoms. The second kappa shape index (κ2) is 8.96. The highest BCUT2D eigenvalue weighted by Gasteiger charge is 2.18. The first kappa shape index (κ1) is 19.3. The van der Waals surface area contributed by atoms with Crippen LogP contribution in [0.1, 0.15) is 12.8 Å². The van der Waals surface area contributed by atoms with Crippen LogP contribution in [0.2, 0.25) is 0 Å². The number of fused-ring (bicyclic) bond motifs is 1. The fourth-order valence-corrected chi connectivity index (χ4v) is 3.72. The number of para-hydroxylation sites is 1. The summed E-state index contributed by atoms with van der Waals surface area (Å²) in [5.41, 5.74) is 2.53. The first-order valence-electron chi connectivity index (χ1n) is 10.1. The number of benzene rings is 2. The Morgan fingerprint density at radius 2 is 1.86 bits per heavy atom. The van der Waals surface area contributed by atoms with Gasteiger partial charge in [0.15, 0.2) is 6.61 Å². The van der Waals surface area contributed by atoms with Crippen LogP contribution in [0.15, 0.2) is 48.5 Å². The SMILES string of the molecule is O=C(CCCN1CCN(c2ccccc2)CC1)Nc1ccc2c(c1)NC(=O)CO2. The fraction of sp³-hybridized carbons (Fsp3) is 0.364. The molecule has 0 spiro atoms. The fourth-order valence-electron chi connectivity index (χ4n) is 3.72. The van der Waals surface area contributed by atoms with Crippen LogP contribution in [0.25, 0.3) is 0 Å². The van der Waals surface area contributed by atoms with Gasteiger partial charge in [-0.3, -0.25) is 14.5 Å². The predicted octanol–water partition coefficient (Wildman–Crippen LogP) is 2.56. The average Bonchev–Trinajstić information content (AvgIpc) is 2.74. The van der Waals surface area contributed by atoms with Crippen molar-refractivity contribution in [2.75, 3.05) is 54.9 Å². The van der Waals surface area contributed by atoms with Crippen molar-refractivity contribution in [2.45, 2.75) is 12.8 Å². The number of carbonyl (C=O) groups is 2. The van der Waals surface area contributed by atoms with Crippen LogP contribution in [0.4, 0.5) is 17.1 Å². The molecule has 4 rings (SSSR count). The minimum absolute atomic E-state index is 0.0177. The maximum Gasteiger partial charge on any atom is 0.262 e. The highest BCUT2D eigenvalue weighted by molar-refractivity contribution is 5.97. The maximum atomic E-state index is 12.3. The number of nitrogens with one attached hydrogen (secondary N) is 2. The first-order chi connectivity index (χ1) is 14.2. The van der Waals surface area contributed by atoms with Crippen molar-refractivity contribution in [3.8, 4) is 5.75 Å². The molecule has 2 aromatic rings. The predicted molar refractivity (Wildman–Crippen MR) is 114 cm³/mol. The molecule has 2 aliphatic rings. The van der Waals surface area contributed by atoms with Crippen molar-refractivity contribution in [2.24, 2.45) is 0 Å². The number of piperazine rings is 1. The zero-order valence-corrected chi connectivity index (χ0v) is 16.4. The summed E-state index contributed by atoms with van der Waals surface area (Å²) in [6.45, 7) is 5.00. The van der Waals surface area contributed by atoms with Gasteiger partial charge in [0.2, 0.25) is 5.91 Å². The lowest BCUT2D eigenvalue weighted by Gasteiger charge is -2.36. The van der Waals surface area contributed by atoms with Crippen LogP contribution < -0.4 is 20.3 Å². The zero-order valence-electron chi connectivity index (χ0n) is 16.4. The van der Waals surface area contributed by atoms with Gasteiger partial charge in [-0.2, -0.15) is 0 Å². The van der Waals surface area contributed by atoms with E-state index in [2.05, 4.69) is 44.7 Å². The molecule has 0 atom stereocenters. The van der Waals surface area contributed by atoms with Gasteiger partial charge in [-0.1, -0.05) is 18.2 Å². The number of anilines is 3. The molecule has 0 radical (unpaired) electrons. The van der Waals surface area contributed by atoms with Gasteiger partial charge in [-0.15, -0.1) is 0 Å². The first-order valence-corrected chi connectivity index (χ1v) is 10.1. The molecule has 0 aromatic heterocycles. The molecule has 1 saturated heterocycles. The number of amides is 2. The van der Waals surface area contributed by atoms with Crippen LogP contribution in [-0.4, -0.2) is 56.0 Å². The van der Waals surface area contributed by atoms with Crippen LogP contribution in [-0.2, 0) is 9.59 Å². The van der Waals surface area contributed by atoms with Crippen LogP contribution >= 0.6 is 0 Å². The van der Waals surface area contributed by atoms with E-state index in [1.807, 2.05) is 6.07 Å². The minimum Gasteiger partial charge on any atom is -0.482 e. The van der Waals surface area contributed by atoms with Crippen LogP contribution in [0.5, 0.6) is 5.75 Å². The van der Waals surface area contributed by atoms with E-state index < -0.39 is 0 Å². The number of nitrogens with zero attached hydrogens (tertiary/aromatic N) is 2. The lowest BCUT2D eigenvalue weighted by molar-refractivity contribution is -0.118. The molecule has 0 unspecified atom stereocenters. The molecule has 2 aromatic carbocycles. The molecule has 2 N–H and O–H groups in total. The monoisotopic (exact) mass is 394 g/mol. The van der Waals surface area contributed by atoms with E-state index in [0.717, 1.165) is 39.1 Å². The minimum atomic E-state index is -0.187. The highest BCUT2D eigenvalue weighted by atomic mass is 16.5. The number of ether oxygens (including phenoxy) is 1. The summed E-state index contributed by atoms with van der Waals surface area (Å²) in [7, 11) is 0. The Kier molecular flexibility index (Phi) is 5.95. The van der Waals surface area contributed by atoms with Crippen LogP contribution in [0.3, 0.4) is 0 Å². The van der Waals surface area contributed by atoms with E-state index in [1.165, 1.54) is 5.69 Å². The molecule has 2 amide bonds. The molecule has 152 valence electrons. The summed E-state index contributed by atoms with van der Waals surface area (Å²) >= 11 is 0. The van der Waals surface area contributed by atoms with Gasteiger partial charge in [0.05, 0.1) is 5.69 Å². The quantitative estimate of drug-likeness (QED) is 0.788. The van der Waals surface area contributed by atoms with E-state index >= 15 is 0 Å². The van der Waals surface area contributed by atoms with Crippen molar-refractivity contribution in [1.82, 2.24) is 4.90 Å². The topological polar surface area (TPSA) is 73.9 Å². The Hall–Kier alpha value is -3.06. The van der Waals surface area contributed by atoms with Crippen molar-refractivity contribution in [3.63, 3.8) is 0 Å². The van der Waals surface area contributed by atoms with Gasteiger partial charge in [0, 0.05) is 44.0 Å². The third kappa shape index (κ3) is 5.06. The summed E-state index contributed by atoms with van der Waals surface area (Å²) in [4.78, 5) is 28.5. The molecule has 7 nitrogen and oxygen atoms in total. The molecular weight excluding hydrogens is 368 g/mol. The molecular formula is C22H26N4O3. The van der Waals surface area contributed by atoms with Gasteiger partial charge in [0.1, 0.15) is 5.75 Å². The number of hydrogen-bond donors (Lipinski definition) is 2. The molecule has 2 heterocycles. The Balaban J connectivity index is 1.18. The average molecular weight is 394 g/mol. The zero-order chi connectivity index (χ0) is 20.1. The Bertz CT molecular complexity index is 864. The van der Waals surface area contributed by atoms with E-state index in [9.17, 15) is 9.59 Å². The van der Waals surface area contributed by atoms with Gasteiger partial charge >= 0.3 is 0 Å². The molecule has 29 heavy (non-hydrogen) atoms. The van der Waals surface area contributed by atoms with Gasteiger partial charge < -0.3 is 20.3 Å². The number of hydrogen-bond acceptors (Lipinski definition) is 5. The van der Waals surface area contributed by atoms with E-state index in [-0.39, 0.29) is 18.4 Å². The number of rotatable bonds is 6. The van der Waals surface area contributed by atoms with Crippen molar-refractivity contribution in [3.05, 3.63) is 48.5 Å². The molecule has 1 fully saturated rings. The molecule has 0 bridgehead atoms. The summed E-state index contributed by atoms with van der Waals surface area (Å²) in [5.74, 6) is 0.418. The standard InChI is InChI=1S/C22H26N4O3/c27-21(23-17-8-9-20-19(15-17)24-22(28)16-29-20)7-4-10-25-11-13-26(14-12-25)18-5-2-1-3-6-18/h1-3,5-6,8-9,15H,4,7,10-14,16H2,(H,23,27)(H,24,28). The third-order valence-corrected chi connectivity index (χ3v) is 5.27. The largest absolute Gasteiger partial charge is 0.482 e. The Morgan fingerprint density at radius 3 is 2.66 bits per heavy atom. The van der Waals surface area contributed by atoms with Crippen molar-refractivity contribution >= 4 is 28.9 Å². The second-order valence-electron chi connectivity index (χ2n) is 7.36. The van der Waals surface area contributed by atoms with Crippen molar-refractivity contribution < 1.29 is 14.3 Å². The molecule has 0 aliphatic carbocycles. The Morgan fingerprint density at radius 1 is 1.07 bits per heavy atom. The lowest BCUT2D eigenvalue weighted by atomic mass is 10.2. The van der Waals surface area contributed by atoms with E-state index in [1.54, 1.807) is 18.2 Å². The highest BCUT2D eigenvalue weighted by Crippen LogP contribution is 2.30. The van der Waals surface area contributed by atoms with Gasteiger partial charge in [-0.05, 0) is 43.3 Å². The van der Waals surface area contributed by atoms with Crippen LogP contribution in [0, 0.1) is 0 Å². The van der Waals surface area contributed by atoms with Gasteiger partial charge in [0.25, 0.3) is 5.91 Å². The van der Waals surface area contributed by atoms with E-state index in [0.29, 0.717) is 23.5 Å². The Labute approximate surface area is 170 Å². The summed E-state index contributed by atoms with van der Waals surface area (Å²) < 4.78 is 5.33. The maximum absolute atomic E-state index is 12.3. The summed E-state index contributed by atoms with van der Waals surface area (Å²) in [6, 6.07) is 15.8.